The Morgan fingerprint density at radius 3 is 2.22 bits per heavy atom. The number of ether oxygens (including phenoxy) is 1. The molecular formula is C24H26N2O6. The van der Waals surface area contributed by atoms with E-state index in [1.165, 1.54) is 20.2 Å². The Morgan fingerprint density at radius 1 is 1.00 bits per heavy atom. The predicted molar refractivity (Wildman–Crippen MR) is 117 cm³/mol. The van der Waals surface area contributed by atoms with Crippen molar-refractivity contribution in [2.24, 2.45) is 0 Å². The standard InChI is InChI=1S/C24H26N2O6/c1-25-23(30)17-9-15(10-18(11-17)24(31)26-2)7-6-14-4-3-5-16(8-14)22-21(29)20(28)12-19(13-27)32-22/h3-5,8-11,19-22,27-29H,12-13H2,1-2H3,(H,25,30)(H,26,31). The Bertz CT molecular complexity index is 1020. The number of carbonyl (C=O) groups excluding carboxylic acids is 2. The average molecular weight is 438 g/mol. The minimum absolute atomic E-state index is 0.156. The molecule has 168 valence electrons. The smallest absolute Gasteiger partial charge is 0.251 e. The second-order valence-corrected chi connectivity index (χ2v) is 7.49. The van der Waals surface area contributed by atoms with Crippen LogP contribution < -0.4 is 10.6 Å². The maximum absolute atomic E-state index is 12.1. The molecule has 1 aliphatic heterocycles. The summed E-state index contributed by atoms with van der Waals surface area (Å²) in [6.45, 7) is -0.255. The molecule has 0 bridgehead atoms. The first-order valence-electron chi connectivity index (χ1n) is 10.2. The van der Waals surface area contributed by atoms with Crippen molar-refractivity contribution in [2.45, 2.75) is 30.8 Å². The van der Waals surface area contributed by atoms with Gasteiger partial charge in [-0.2, -0.15) is 0 Å². The lowest BCUT2D eigenvalue weighted by Crippen LogP contribution is -2.44. The molecule has 1 aliphatic rings. The zero-order valence-corrected chi connectivity index (χ0v) is 17.8. The molecule has 0 aromatic heterocycles. The van der Waals surface area contributed by atoms with Gasteiger partial charge in [-0.1, -0.05) is 24.0 Å². The van der Waals surface area contributed by atoms with Crippen LogP contribution in [0, 0.1) is 11.8 Å². The van der Waals surface area contributed by atoms with Crippen LogP contribution in [0.5, 0.6) is 0 Å². The molecule has 2 aromatic rings. The SMILES string of the molecule is CNC(=O)c1cc(C#Cc2cccc(C3OC(CO)CC(O)C3O)c2)cc(C(=O)NC)c1. The van der Waals surface area contributed by atoms with E-state index in [4.69, 9.17) is 4.74 Å². The Labute approximate surface area is 186 Å². The fraction of sp³-hybridized carbons (Fsp3) is 0.333. The summed E-state index contributed by atoms with van der Waals surface area (Å²) in [5, 5.41) is 34.9. The molecule has 2 amide bonds. The van der Waals surface area contributed by atoms with E-state index < -0.39 is 24.4 Å². The van der Waals surface area contributed by atoms with E-state index in [9.17, 15) is 24.9 Å². The lowest BCUT2D eigenvalue weighted by atomic mass is 9.92. The monoisotopic (exact) mass is 438 g/mol. The Kier molecular flexibility index (Phi) is 7.62. The third-order valence-electron chi connectivity index (χ3n) is 5.23. The molecule has 8 heteroatoms. The lowest BCUT2D eigenvalue weighted by molar-refractivity contribution is -0.179. The first-order valence-corrected chi connectivity index (χ1v) is 10.2. The summed E-state index contributed by atoms with van der Waals surface area (Å²) in [7, 11) is 3.01. The van der Waals surface area contributed by atoms with Gasteiger partial charge < -0.3 is 30.7 Å². The van der Waals surface area contributed by atoms with Gasteiger partial charge in [0.05, 0.1) is 18.8 Å². The Hall–Kier alpha value is -3.22. The van der Waals surface area contributed by atoms with E-state index in [0.717, 1.165) is 0 Å². The number of carbonyl (C=O) groups is 2. The van der Waals surface area contributed by atoms with Gasteiger partial charge >= 0.3 is 0 Å². The van der Waals surface area contributed by atoms with E-state index in [1.54, 1.807) is 36.4 Å². The number of benzene rings is 2. The summed E-state index contributed by atoms with van der Waals surface area (Å²) in [5.74, 6) is 5.30. The average Bonchev–Trinajstić information content (AvgIpc) is 2.83. The van der Waals surface area contributed by atoms with E-state index in [2.05, 4.69) is 22.5 Å². The van der Waals surface area contributed by atoms with E-state index in [0.29, 0.717) is 27.8 Å². The van der Waals surface area contributed by atoms with E-state index in [1.807, 2.05) is 0 Å². The molecule has 4 unspecified atom stereocenters. The highest BCUT2D eigenvalue weighted by molar-refractivity contribution is 6.00. The van der Waals surface area contributed by atoms with Gasteiger partial charge in [0.2, 0.25) is 0 Å². The topological polar surface area (TPSA) is 128 Å². The fourth-order valence-electron chi connectivity index (χ4n) is 3.54. The second-order valence-electron chi connectivity index (χ2n) is 7.49. The summed E-state index contributed by atoms with van der Waals surface area (Å²) in [4.78, 5) is 24.1. The number of aliphatic hydroxyl groups excluding tert-OH is 3. The van der Waals surface area contributed by atoms with E-state index in [-0.39, 0.29) is 24.8 Å². The van der Waals surface area contributed by atoms with Crippen molar-refractivity contribution in [3.05, 3.63) is 70.3 Å². The molecule has 32 heavy (non-hydrogen) atoms. The minimum atomic E-state index is -1.12. The third kappa shape index (κ3) is 5.33. The van der Waals surface area contributed by atoms with Gasteiger partial charge in [0.1, 0.15) is 12.2 Å². The zero-order valence-electron chi connectivity index (χ0n) is 17.8. The van der Waals surface area contributed by atoms with Crippen LogP contribution in [0.2, 0.25) is 0 Å². The minimum Gasteiger partial charge on any atom is -0.394 e. The lowest BCUT2D eigenvalue weighted by Gasteiger charge is -2.36. The summed E-state index contributed by atoms with van der Waals surface area (Å²) in [6, 6.07) is 11.7. The predicted octanol–water partition coefficient (Wildman–Crippen LogP) is 0.350. The summed E-state index contributed by atoms with van der Waals surface area (Å²) >= 11 is 0. The summed E-state index contributed by atoms with van der Waals surface area (Å²) in [5.41, 5.74) is 2.35. The number of rotatable bonds is 4. The number of hydrogen-bond acceptors (Lipinski definition) is 6. The maximum Gasteiger partial charge on any atom is 0.251 e. The van der Waals surface area contributed by atoms with Gasteiger partial charge in [0.25, 0.3) is 11.8 Å². The first kappa shape index (κ1) is 23.4. The van der Waals surface area contributed by atoms with Crippen LogP contribution in [0.4, 0.5) is 0 Å². The van der Waals surface area contributed by atoms with Gasteiger partial charge in [-0.25, -0.2) is 0 Å². The number of hydrogen-bond donors (Lipinski definition) is 5. The molecule has 0 radical (unpaired) electrons. The van der Waals surface area contributed by atoms with Gasteiger partial charge in [-0.15, -0.1) is 0 Å². The molecule has 2 aromatic carbocycles. The highest BCUT2D eigenvalue weighted by atomic mass is 16.5. The molecule has 8 nitrogen and oxygen atoms in total. The molecule has 0 saturated carbocycles. The number of aliphatic hydroxyl groups is 3. The largest absolute Gasteiger partial charge is 0.394 e. The molecule has 1 fully saturated rings. The van der Waals surface area contributed by atoms with E-state index >= 15 is 0 Å². The second kappa shape index (κ2) is 10.4. The van der Waals surface area contributed by atoms with Crippen molar-refractivity contribution in [3.63, 3.8) is 0 Å². The van der Waals surface area contributed by atoms with Gasteiger partial charge in [-0.05, 0) is 35.9 Å². The summed E-state index contributed by atoms with van der Waals surface area (Å²) in [6.07, 6.45) is -3.34. The highest BCUT2D eigenvalue weighted by Gasteiger charge is 2.37. The maximum atomic E-state index is 12.1. The van der Waals surface area contributed by atoms with Crippen LogP contribution in [-0.2, 0) is 4.74 Å². The molecular weight excluding hydrogens is 412 g/mol. The quantitative estimate of drug-likeness (QED) is 0.438. The van der Waals surface area contributed by atoms with Gasteiger partial charge in [0.15, 0.2) is 0 Å². The summed E-state index contributed by atoms with van der Waals surface area (Å²) < 4.78 is 5.73. The van der Waals surface area contributed by atoms with Crippen LogP contribution in [0.25, 0.3) is 0 Å². The highest BCUT2D eigenvalue weighted by Crippen LogP contribution is 2.32. The Morgan fingerprint density at radius 2 is 1.62 bits per heavy atom. The molecule has 3 rings (SSSR count). The number of amides is 2. The molecule has 5 N–H and O–H groups in total. The van der Waals surface area contributed by atoms with Crippen molar-refractivity contribution in [3.8, 4) is 11.8 Å². The van der Waals surface area contributed by atoms with Crippen LogP contribution in [0.3, 0.4) is 0 Å². The van der Waals surface area contributed by atoms with Crippen molar-refractivity contribution in [1.29, 1.82) is 0 Å². The fourth-order valence-corrected chi connectivity index (χ4v) is 3.54. The van der Waals surface area contributed by atoms with Crippen LogP contribution in [-0.4, -0.2) is 66.1 Å². The normalized spacial score (nSPS) is 22.4. The van der Waals surface area contributed by atoms with Gasteiger partial charge in [-0.3, -0.25) is 9.59 Å². The molecule has 0 spiro atoms. The van der Waals surface area contributed by atoms with Crippen molar-refractivity contribution in [2.75, 3.05) is 20.7 Å². The molecule has 1 heterocycles. The van der Waals surface area contributed by atoms with Crippen LogP contribution >= 0.6 is 0 Å². The van der Waals surface area contributed by atoms with Crippen molar-refractivity contribution >= 4 is 11.8 Å². The first-order chi connectivity index (χ1) is 15.4. The van der Waals surface area contributed by atoms with Crippen molar-refractivity contribution in [1.82, 2.24) is 10.6 Å². The van der Waals surface area contributed by atoms with Crippen LogP contribution in [0.15, 0.2) is 42.5 Å². The molecule has 4 atom stereocenters. The van der Waals surface area contributed by atoms with Crippen LogP contribution in [0.1, 0.15) is 49.9 Å². The molecule has 0 aliphatic carbocycles. The molecule has 1 saturated heterocycles. The van der Waals surface area contributed by atoms with Crippen molar-refractivity contribution < 1.29 is 29.6 Å². The third-order valence-corrected chi connectivity index (χ3v) is 5.23. The number of nitrogens with one attached hydrogen (secondary N) is 2. The van der Waals surface area contributed by atoms with Gasteiger partial charge in [0, 0.05) is 42.8 Å². The zero-order chi connectivity index (χ0) is 23.3. The Balaban J connectivity index is 1.92.